The van der Waals surface area contributed by atoms with Gasteiger partial charge >= 0.3 is 7.67 Å². The zero-order chi connectivity index (χ0) is 9.78. The molecule has 0 radical (unpaired) electrons. The second kappa shape index (κ2) is 4.97. The van der Waals surface area contributed by atoms with Crippen LogP contribution in [-0.4, -0.2) is 44.1 Å². The predicted molar refractivity (Wildman–Crippen MR) is 51.2 cm³/mol. The second-order valence-corrected chi connectivity index (χ2v) is 5.86. The van der Waals surface area contributed by atoms with Gasteiger partial charge in [-0.25, -0.2) is 9.34 Å². The van der Waals surface area contributed by atoms with Crippen LogP contribution in [0.15, 0.2) is 0 Å². The number of hydrogen-bond acceptors (Lipinski definition) is 2. The van der Waals surface area contributed by atoms with Crippen molar-refractivity contribution in [1.82, 2.24) is 9.34 Å². The van der Waals surface area contributed by atoms with E-state index in [1.54, 1.807) is 37.5 Å². The molecule has 0 heterocycles. The van der Waals surface area contributed by atoms with Crippen LogP contribution >= 0.6 is 7.67 Å². The molecule has 0 fully saturated rings. The van der Waals surface area contributed by atoms with Crippen molar-refractivity contribution in [2.24, 2.45) is 0 Å². The third-order valence-electron chi connectivity index (χ3n) is 1.47. The molecule has 0 aliphatic carbocycles. The summed E-state index contributed by atoms with van der Waals surface area (Å²) >= 11 is 0. The van der Waals surface area contributed by atoms with Crippen molar-refractivity contribution in [2.75, 3.05) is 34.8 Å². The molecule has 0 aromatic heterocycles. The predicted octanol–water partition coefficient (Wildman–Crippen LogP) is 1.64. The summed E-state index contributed by atoms with van der Waals surface area (Å²) in [6, 6.07) is 0. The van der Waals surface area contributed by atoms with Crippen LogP contribution < -0.4 is 0 Å². The maximum Gasteiger partial charge on any atom is 0.345 e. The molecule has 0 unspecified atom stereocenters. The van der Waals surface area contributed by atoms with Gasteiger partial charge in [-0.05, 0) is 34.6 Å². The first kappa shape index (κ1) is 12.1. The summed E-state index contributed by atoms with van der Waals surface area (Å²) in [6.45, 7) is 2.53. The van der Waals surface area contributed by atoms with Crippen molar-refractivity contribution < 1.29 is 9.09 Å². The monoisotopic (exact) mass is 194 g/mol. The van der Waals surface area contributed by atoms with E-state index in [4.69, 9.17) is 4.52 Å². The fourth-order valence-corrected chi connectivity index (χ4v) is 2.40. The molecule has 12 heavy (non-hydrogen) atoms. The number of nitrogens with zero attached hydrogens (tertiary/aromatic N) is 2. The van der Waals surface area contributed by atoms with Crippen molar-refractivity contribution in [3.05, 3.63) is 0 Å². The molecule has 0 amide bonds. The number of rotatable bonds is 5. The van der Waals surface area contributed by atoms with E-state index in [0.29, 0.717) is 6.61 Å². The van der Waals surface area contributed by atoms with Gasteiger partial charge in [0, 0.05) is 0 Å². The Morgan fingerprint density at radius 3 is 1.83 bits per heavy atom. The first-order valence-corrected chi connectivity index (χ1v) is 5.58. The van der Waals surface area contributed by atoms with Crippen LogP contribution in [0.25, 0.3) is 0 Å². The molecule has 5 heteroatoms. The summed E-state index contributed by atoms with van der Waals surface area (Å²) in [6.07, 6.45) is 0.881. The van der Waals surface area contributed by atoms with E-state index in [1.165, 1.54) is 0 Å². The lowest BCUT2D eigenvalue weighted by Gasteiger charge is -2.29. The molecular formula is C7H19N2O2P. The minimum atomic E-state index is -2.71. The maximum atomic E-state index is 12.0. The van der Waals surface area contributed by atoms with Crippen molar-refractivity contribution in [3.8, 4) is 0 Å². The van der Waals surface area contributed by atoms with Crippen LogP contribution in [0.2, 0.25) is 0 Å². The summed E-state index contributed by atoms with van der Waals surface area (Å²) in [4.78, 5) is 0. The lowest BCUT2D eigenvalue weighted by molar-refractivity contribution is 0.246. The molecule has 0 aromatic rings. The highest BCUT2D eigenvalue weighted by Crippen LogP contribution is 2.50. The van der Waals surface area contributed by atoms with Crippen LogP contribution in [0.5, 0.6) is 0 Å². The van der Waals surface area contributed by atoms with Crippen LogP contribution in [0.1, 0.15) is 13.3 Å². The van der Waals surface area contributed by atoms with E-state index in [0.717, 1.165) is 6.42 Å². The van der Waals surface area contributed by atoms with E-state index in [-0.39, 0.29) is 0 Å². The third-order valence-corrected chi connectivity index (χ3v) is 4.02. The van der Waals surface area contributed by atoms with E-state index in [1.807, 2.05) is 6.92 Å². The largest absolute Gasteiger partial charge is 0.345 e. The minimum absolute atomic E-state index is 0.535. The number of hydrogen-bond donors (Lipinski definition) is 0. The Labute approximate surface area is 75.1 Å². The minimum Gasteiger partial charge on any atom is -0.306 e. The van der Waals surface area contributed by atoms with Gasteiger partial charge in [-0.1, -0.05) is 6.92 Å². The molecule has 4 nitrogen and oxygen atoms in total. The molecular weight excluding hydrogens is 175 g/mol. The highest BCUT2D eigenvalue weighted by molar-refractivity contribution is 7.53. The van der Waals surface area contributed by atoms with E-state index in [2.05, 4.69) is 0 Å². The molecule has 0 aliphatic heterocycles. The van der Waals surface area contributed by atoms with Gasteiger partial charge < -0.3 is 4.52 Å². The van der Waals surface area contributed by atoms with Crippen LogP contribution in [0.3, 0.4) is 0 Å². The summed E-state index contributed by atoms with van der Waals surface area (Å²) in [5.41, 5.74) is 0. The molecule has 74 valence electrons. The molecule has 0 aliphatic rings. The topological polar surface area (TPSA) is 32.8 Å². The third kappa shape index (κ3) is 2.87. The zero-order valence-corrected chi connectivity index (χ0v) is 9.47. The van der Waals surface area contributed by atoms with Gasteiger partial charge in [-0.3, -0.25) is 4.57 Å². The van der Waals surface area contributed by atoms with Gasteiger partial charge in [0.1, 0.15) is 0 Å². The highest BCUT2D eigenvalue weighted by Gasteiger charge is 2.28. The lowest BCUT2D eigenvalue weighted by Crippen LogP contribution is -2.22. The van der Waals surface area contributed by atoms with Crippen LogP contribution in [0.4, 0.5) is 0 Å². The first-order chi connectivity index (χ1) is 5.45. The molecule has 0 saturated carbocycles. The summed E-state index contributed by atoms with van der Waals surface area (Å²) < 4.78 is 20.6. The molecule has 0 atom stereocenters. The Kier molecular flexibility index (Phi) is 5.02. The fraction of sp³-hybridized carbons (Fsp3) is 1.00. The Balaban J connectivity index is 4.31. The average molecular weight is 194 g/mol. The summed E-state index contributed by atoms with van der Waals surface area (Å²) in [5, 5.41) is 0. The van der Waals surface area contributed by atoms with Crippen molar-refractivity contribution >= 4 is 7.67 Å². The van der Waals surface area contributed by atoms with Gasteiger partial charge in [-0.2, -0.15) is 0 Å². The van der Waals surface area contributed by atoms with Gasteiger partial charge in [-0.15, -0.1) is 0 Å². The molecule has 0 saturated heterocycles. The molecule has 0 aromatic carbocycles. The molecule has 0 bridgehead atoms. The van der Waals surface area contributed by atoms with E-state index in [9.17, 15) is 4.57 Å². The lowest BCUT2D eigenvalue weighted by atomic mass is 10.5. The zero-order valence-electron chi connectivity index (χ0n) is 8.57. The summed E-state index contributed by atoms with van der Waals surface area (Å²) in [7, 11) is 4.33. The van der Waals surface area contributed by atoms with Crippen molar-refractivity contribution in [1.29, 1.82) is 0 Å². The fourth-order valence-electron chi connectivity index (χ4n) is 0.799. The summed E-state index contributed by atoms with van der Waals surface area (Å²) in [5.74, 6) is 0. The smallest absolute Gasteiger partial charge is 0.306 e. The van der Waals surface area contributed by atoms with Gasteiger partial charge in [0.2, 0.25) is 0 Å². The average Bonchev–Trinajstić information content (AvgIpc) is 1.99. The van der Waals surface area contributed by atoms with Gasteiger partial charge in [0.15, 0.2) is 0 Å². The second-order valence-electron chi connectivity index (χ2n) is 3.02. The Hall–Kier alpha value is 0.110. The van der Waals surface area contributed by atoms with Crippen molar-refractivity contribution in [3.63, 3.8) is 0 Å². The van der Waals surface area contributed by atoms with E-state index < -0.39 is 7.67 Å². The Morgan fingerprint density at radius 2 is 1.58 bits per heavy atom. The molecule has 0 N–H and O–H groups in total. The van der Waals surface area contributed by atoms with Crippen LogP contribution in [0, 0.1) is 0 Å². The highest BCUT2D eigenvalue weighted by atomic mass is 31.2. The van der Waals surface area contributed by atoms with Crippen molar-refractivity contribution in [2.45, 2.75) is 13.3 Å². The SMILES string of the molecule is CCCOP(=O)(N(C)C)N(C)C. The van der Waals surface area contributed by atoms with E-state index >= 15 is 0 Å². The maximum absolute atomic E-state index is 12.0. The Bertz CT molecular complexity index is 159. The Morgan fingerprint density at radius 1 is 1.17 bits per heavy atom. The quantitative estimate of drug-likeness (QED) is 0.623. The van der Waals surface area contributed by atoms with Gasteiger partial charge in [0.05, 0.1) is 6.61 Å². The molecule has 0 spiro atoms. The normalized spacial score (nSPS) is 12.9. The standard InChI is InChI=1S/C7H19N2O2P/c1-6-7-11-12(10,8(2)3)9(4)5/h6-7H2,1-5H3. The van der Waals surface area contributed by atoms with Crippen LogP contribution in [-0.2, 0) is 9.09 Å². The van der Waals surface area contributed by atoms with Gasteiger partial charge in [0.25, 0.3) is 0 Å². The first-order valence-electron chi connectivity index (χ1n) is 4.05. The molecule has 0 rings (SSSR count).